The number of ether oxygens (including phenoxy) is 1. The highest BCUT2D eigenvalue weighted by Crippen LogP contribution is 2.42. The van der Waals surface area contributed by atoms with Crippen molar-refractivity contribution in [1.29, 1.82) is 0 Å². The molecule has 3 aliphatic rings. The average Bonchev–Trinajstić information content (AvgIpc) is 2.95. The summed E-state index contributed by atoms with van der Waals surface area (Å²) in [6.07, 6.45) is -2.77. The number of carbonyl (C=O) groups excluding carboxylic acids is 2. The van der Waals surface area contributed by atoms with Crippen molar-refractivity contribution in [2.45, 2.75) is 49.9 Å². The van der Waals surface area contributed by atoms with Crippen molar-refractivity contribution in [3.05, 3.63) is 28.8 Å². The predicted molar refractivity (Wildman–Crippen MR) is 115 cm³/mol. The van der Waals surface area contributed by atoms with Crippen LogP contribution in [0, 0.1) is 0 Å². The maximum Gasteiger partial charge on any atom is 0.417 e. The first-order valence-electron chi connectivity index (χ1n) is 11.1. The first-order valence-corrected chi connectivity index (χ1v) is 11.4. The van der Waals surface area contributed by atoms with Crippen LogP contribution in [0.25, 0.3) is 0 Å². The Balaban J connectivity index is 1.54. The van der Waals surface area contributed by atoms with Crippen molar-refractivity contribution in [3.8, 4) is 0 Å². The molecular formula is C22H27ClF3N3O4. The van der Waals surface area contributed by atoms with Gasteiger partial charge in [-0.25, -0.2) is 9.69 Å². The number of alkyl halides is 3. The van der Waals surface area contributed by atoms with Gasteiger partial charge in [0.2, 0.25) is 0 Å². The van der Waals surface area contributed by atoms with Gasteiger partial charge in [0.15, 0.2) is 0 Å². The number of urea groups is 1. The summed E-state index contributed by atoms with van der Waals surface area (Å²) in [5.74, 6) is -0.449. The van der Waals surface area contributed by atoms with E-state index in [0.717, 1.165) is 23.1 Å². The molecule has 1 spiro atoms. The lowest BCUT2D eigenvalue weighted by Crippen LogP contribution is -2.58. The molecule has 3 heterocycles. The van der Waals surface area contributed by atoms with E-state index in [2.05, 4.69) is 4.90 Å². The summed E-state index contributed by atoms with van der Waals surface area (Å²) in [6.45, 7) is 4.58. The molecule has 0 unspecified atom stereocenters. The number of benzene rings is 1. The average molecular weight is 490 g/mol. The number of amides is 3. The lowest BCUT2D eigenvalue weighted by Gasteiger charge is -2.44. The second-order valence-corrected chi connectivity index (χ2v) is 9.38. The number of β-amino-alcohol motifs (C(OH)–C–C–N with tert-alkyl or cyclic N) is 1. The first kappa shape index (κ1) is 24.3. The van der Waals surface area contributed by atoms with E-state index >= 15 is 0 Å². The fourth-order valence-corrected chi connectivity index (χ4v) is 5.43. The van der Waals surface area contributed by atoms with Gasteiger partial charge in [-0.3, -0.25) is 4.79 Å². The van der Waals surface area contributed by atoms with Crippen LogP contribution in [0.3, 0.4) is 0 Å². The minimum Gasteiger partial charge on any atom is -0.388 e. The molecule has 3 saturated heterocycles. The van der Waals surface area contributed by atoms with Gasteiger partial charge in [-0.15, -0.1) is 0 Å². The zero-order chi connectivity index (χ0) is 24.0. The van der Waals surface area contributed by atoms with Crippen LogP contribution >= 0.6 is 11.6 Å². The molecule has 4 rings (SSSR count). The van der Waals surface area contributed by atoms with Gasteiger partial charge >= 0.3 is 12.2 Å². The van der Waals surface area contributed by atoms with Crippen LogP contribution in [0.5, 0.6) is 0 Å². The number of likely N-dealkylation sites (tertiary alicyclic amines) is 1. The fraction of sp³-hybridized carbons (Fsp3) is 0.636. The van der Waals surface area contributed by atoms with Crippen LogP contribution in [0.1, 0.15) is 38.2 Å². The molecule has 3 amide bonds. The summed E-state index contributed by atoms with van der Waals surface area (Å²) < 4.78 is 44.6. The van der Waals surface area contributed by atoms with Crippen LogP contribution in [-0.2, 0) is 15.7 Å². The molecule has 1 aromatic carbocycles. The lowest BCUT2D eigenvalue weighted by atomic mass is 9.84. The molecule has 0 atom stereocenters. The van der Waals surface area contributed by atoms with Crippen molar-refractivity contribution in [1.82, 2.24) is 9.80 Å². The summed E-state index contributed by atoms with van der Waals surface area (Å²) >= 11 is 5.84. The summed E-state index contributed by atoms with van der Waals surface area (Å²) in [4.78, 5) is 31.2. The SMILES string of the molecule is CCN1C(=O)N(c2ccc(C(F)(F)F)c(Cl)c2)C(=O)C12CCN(CC1(O)CCOCC1)CC2. The quantitative estimate of drug-likeness (QED) is 0.655. The van der Waals surface area contributed by atoms with Crippen LogP contribution < -0.4 is 4.90 Å². The van der Waals surface area contributed by atoms with Crippen LogP contribution in [-0.4, -0.2) is 77.4 Å². The Morgan fingerprint density at radius 3 is 2.30 bits per heavy atom. The van der Waals surface area contributed by atoms with Crippen molar-refractivity contribution in [2.75, 3.05) is 44.3 Å². The second-order valence-electron chi connectivity index (χ2n) is 8.97. The summed E-state index contributed by atoms with van der Waals surface area (Å²) in [7, 11) is 0. The minimum atomic E-state index is -4.63. The van der Waals surface area contributed by atoms with Crippen molar-refractivity contribution in [3.63, 3.8) is 0 Å². The number of aliphatic hydroxyl groups is 1. The van der Waals surface area contributed by atoms with Crippen molar-refractivity contribution >= 4 is 29.2 Å². The molecule has 3 aliphatic heterocycles. The van der Waals surface area contributed by atoms with Gasteiger partial charge in [0.05, 0.1) is 21.9 Å². The Morgan fingerprint density at radius 2 is 1.76 bits per heavy atom. The van der Waals surface area contributed by atoms with Crippen LogP contribution in [0.15, 0.2) is 18.2 Å². The molecule has 3 fully saturated rings. The Bertz CT molecular complexity index is 928. The lowest BCUT2D eigenvalue weighted by molar-refractivity contribution is -0.137. The second kappa shape index (κ2) is 8.72. The summed E-state index contributed by atoms with van der Waals surface area (Å²) in [5, 5.41) is 10.2. The van der Waals surface area contributed by atoms with Crippen molar-refractivity contribution < 1.29 is 32.6 Å². The van der Waals surface area contributed by atoms with E-state index in [1.54, 1.807) is 6.92 Å². The highest BCUT2D eigenvalue weighted by Gasteiger charge is 2.58. The van der Waals surface area contributed by atoms with Crippen LogP contribution in [0.2, 0.25) is 5.02 Å². The van der Waals surface area contributed by atoms with Crippen molar-refractivity contribution in [2.24, 2.45) is 0 Å². The Morgan fingerprint density at radius 1 is 1.12 bits per heavy atom. The number of imide groups is 1. The number of hydrogen-bond donors (Lipinski definition) is 1. The number of rotatable bonds is 4. The van der Waals surface area contributed by atoms with Gasteiger partial charge in [0.25, 0.3) is 5.91 Å². The standard InChI is InChI=1S/C22H27ClF3N3O4/c1-2-28-19(31)29(15-3-4-16(17(23)13-15)22(24,25)26)18(30)21(28)5-9-27(10-6-21)14-20(32)7-11-33-12-8-20/h3-4,13,32H,2,5-12,14H2,1H3. The predicted octanol–water partition coefficient (Wildman–Crippen LogP) is 3.52. The number of halogens is 4. The maximum atomic E-state index is 13.5. The molecule has 182 valence electrons. The number of likely N-dealkylation sites (N-methyl/N-ethyl adjacent to an activating group) is 1. The van der Waals surface area contributed by atoms with Gasteiger partial charge in [0.1, 0.15) is 5.54 Å². The third kappa shape index (κ3) is 4.34. The van der Waals surface area contributed by atoms with Gasteiger partial charge < -0.3 is 19.6 Å². The number of carbonyl (C=O) groups is 2. The molecule has 7 nitrogen and oxygen atoms in total. The minimum absolute atomic E-state index is 0.0253. The molecule has 0 aliphatic carbocycles. The van der Waals surface area contributed by atoms with E-state index in [1.165, 1.54) is 4.90 Å². The van der Waals surface area contributed by atoms with E-state index in [1.807, 2.05) is 0 Å². The van der Waals surface area contributed by atoms with Crippen LogP contribution in [0.4, 0.5) is 23.7 Å². The molecule has 1 N–H and O–H groups in total. The zero-order valence-electron chi connectivity index (χ0n) is 18.3. The van der Waals surface area contributed by atoms with Gasteiger partial charge in [-0.1, -0.05) is 11.6 Å². The third-order valence-corrected chi connectivity index (χ3v) is 7.31. The summed E-state index contributed by atoms with van der Waals surface area (Å²) in [6, 6.07) is 2.35. The molecule has 0 saturated carbocycles. The smallest absolute Gasteiger partial charge is 0.388 e. The highest BCUT2D eigenvalue weighted by molar-refractivity contribution is 6.32. The number of anilines is 1. The largest absolute Gasteiger partial charge is 0.417 e. The maximum absolute atomic E-state index is 13.5. The molecule has 0 radical (unpaired) electrons. The fourth-order valence-electron chi connectivity index (χ4n) is 5.14. The molecule has 1 aromatic rings. The van der Waals surface area contributed by atoms with E-state index in [-0.39, 0.29) is 12.2 Å². The molecular weight excluding hydrogens is 463 g/mol. The Hall–Kier alpha value is -1.88. The molecule has 33 heavy (non-hydrogen) atoms. The van der Waals surface area contributed by atoms with Gasteiger partial charge in [-0.2, -0.15) is 13.2 Å². The number of nitrogens with zero attached hydrogens (tertiary/aromatic N) is 3. The third-order valence-electron chi connectivity index (χ3n) is 7.00. The molecule has 0 bridgehead atoms. The summed E-state index contributed by atoms with van der Waals surface area (Å²) in [5.41, 5.74) is -2.88. The topological polar surface area (TPSA) is 73.3 Å². The van der Waals surface area contributed by atoms with Gasteiger partial charge in [0, 0.05) is 52.2 Å². The van der Waals surface area contributed by atoms with Gasteiger partial charge in [-0.05, 0) is 38.0 Å². The Labute approximate surface area is 195 Å². The van der Waals surface area contributed by atoms with E-state index in [9.17, 15) is 27.9 Å². The monoisotopic (exact) mass is 489 g/mol. The number of hydrogen-bond acceptors (Lipinski definition) is 5. The van der Waals surface area contributed by atoms with E-state index in [4.69, 9.17) is 16.3 Å². The molecule has 0 aromatic heterocycles. The first-order chi connectivity index (χ1) is 15.5. The van der Waals surface area contributed by atoms with E-state index in [0.29, 0.717) is 58.5 Å². The molecule has 11 heteroatoms. The Kier molecular flexibility index (Phi) is 6.41. The highest BCUT2D eigenvalue weighted by atomic mass is 35.5. The zero-order valence-corrected chi connectivity index (χ0v) is 19.1. The normalized spacial score (nSPS) is 23.6. The number of piperidine rings is 1. The van der Waals surface area contributed by atoms with E-state index < -0.39 is 39.8 Å².